The Bertz CT molecular complexity index is 662. The molecule has 0 radical (unpaired) electrons. The maximum Gasteiger partial charge on any atom is 0.295 e. The molecule has 104 valence electrons. The molecule has 7 heteroatoms. The van der Waals surface area contributed by atoms with E-state index in [1.165, 1.54) is 0 Å². The van der Waals surface area contributed by atoms with Gasteiger partial charge >= 0.3 is 0 Å². The van der Waals surface area contributed by atoms with Gasteiger partial charge in [0, 0.05) is 12.3 Å². The van der Waals surface area contributed by atoms with E-state index in [2.05, 4.69) is 10.3 Å². The Balaban J connectivity index is 2.31. The molecule has 2 rings (SSSR count). The molecule has 0 aliphatic rings. The topological polar surface area (TPSA) is 68.1 Å². The van der Waals surface area contributed by atoms with E-state index in [4.69, 9.17) is 0 Å². The second kappa shape index (κ2) is 5.60. The van der Waals surface area contributed by atoms with Crippen LogP contribution in [-0.4, -0.2) is 9.91 Å². The SMILES string of the molecule is Cc1cccnc1CNc1c([N+](=O)[O-])ccc(F)c1F. The number of nitro groups is 1. The molecule has 0 bridgehead atoms. The summed E-state index contributed by atoms with van der Waals surface area (Å²) >= 11 is 0. The second-order valence-corrected chi connectivity index (χ2v) is 4.13. The third kappa shape index (κ3) is 2.71. The third-order valence-corrected chi connectivity index (χ3v) is 2.82. The molecule has 0 atom stereocenters. The van der Waals surface area contributed by atoms with E-state index in [0.29, 0.717) is 5.69 Å². The number of halogens is 2. The zero-order valence-corrected chi connectivity index (χ0v) is 10.6. The average Bonchev–Trinajstić information content (AvgIpc) is 2.41. The van der Waals surface area contributed by atoms with Gasteiger partial charge in [0.25, 0.3) is 5.69 Å². The summed E-state index contributed by atoms with van der Waals surface area (Å²) in [5, 5.41) is 13.4. The number of pyridine rings is 1. The quantitative estimate of drug-likeness (QED) is 0.689. The summed E-state index contributed by atoms with van der Waals surface area (Å²) in [5.74, 6) is -2.41. The second-order valence-electron chi connectivity index (χ2n) is 4.13. The molecule has 2 aromatic rings. The lowest BCUT2D eigenvalue weighted by Crippen LogP contribution is -2.08. The van der Waals surface area contributed by atoms with Gasteiger partial charge in [0.05, 0.1) is 17.2 Å². The number of hydrogen-bond acceptors (Lipinski definition) is 4. The minimum Gasteiger partial charge on any atom is -0.371 e. The van der Waals surface area contributed by atoms with Crippen molar-refractivity contribution in [1.82, 2.24) is 4.98 Å². The van der Waals surface area contributed by atoms with Crippen molar-refractivity contribution in [2.45, 2.75) is 13.5 Å². The summed E-state index contributed by atoms with van der Waals surface area (Å²) in [6.45, 7) is 1.87. The van der Waals surface area contributed by atoms with Gasteiger partial charge in [0.15, 0.2) is 17.3 Å². The smallest absolute Gasteiger partial charge is 0.295 e. The van der Waals surface area contributed by atoms with Crippen LogP contribution in [0.5, 0.6) is 0 Å². The maximum absolute atomic E-state index is 13.7. The summed E-state index contributed by atoms with van der Waals surface area (Å²) in [6, 6.07) is 5.20. The fourth-order valence-electron chi connectivity index (χ4n) is 1.74. The van der Waals surface area contributed by atoms with Crippen LogP contribution < -0.4 is 5.32 Å². The van der Waals surface area contributed by atoms with Gasteiger partial charge in [-0.3, -0.25) is 15.1 Å². The van der Waals surface area contributed by atoms with Gasteiger partial charge < -0.3 is 5.32 Å². The van der Waals surface area contributed by atoms with Crippen LogP contribution in [0.4, 0.5) is 20.2 Å². The molecule has 1 aromatic carbocycles. The standard InChI is InChI=1S/C13H11F2N3O2/c1-8-3-2-6-16-10(8)7-17-13-11(18(19)20)5-4-9(14)12(13)15/h2-6,17H,7H2,1H3. The van der Waals surface area contributed by atoms with E-state index in [1.54, 1.807) is 25.3 Å². The molecule has 5 nitrogen and oxygen atoms in total. The van der Waals surface area contributed by atoms with E-state index in [0.717, 1.165) is 17.7 Å². The first-order valence-electron chi connectivity index (χ1n) is 5.77. The van der Waals surface area contributed by atoms with Crippen molar-refractivity contribution >= 4 is 11.4 Å². The van der Waals surface area contributed by atoms with Crippen molar-refractivity contribution in [2.24, 2.45) is 0 Å². The molecule has 0 fully saturated rings. The number of nitrogens with zero attached hydrogens (tertiary/aromatic N) is 2. The first-order chi connectivity index (χ1) is 9.50. The fourth-order valence-corrected chi connectivity index (χ4v) is 1.74. The highest BCUT2D eigenvalue weighted by Crippen LogP contribution is 2.29. The number of aryl methyl sites for hydroxylation is 1. The molecule has 0 unspecified atom stereocenters. The highest BCUT2D eigenvalue weighted by Gasteiger charge is 2.21. The van der Waals surface area contributed by atoms with Gasteiger partial charge in [-0.1, -0.05) is 6.07 Å². The average molecular weight is 279 g/mol. The molecule has 1 N–H and O–H groups in total. The number of anilines is 1. The molecule has 0 amide bonds. The molecule has 20 heavy (non-hydrogen) atoms. The van der Waals surface area contributed by atoms with Crippen molar-refractivity contribution in [1.29, 1.82) is 0 Å². The van der Waals surface area contributed by atoms with Crippen molar-refractivity contribution in [3.05, 3.63) is 63.5 Å². The van der Waals surface area contributed by atoms with Crippen LogP contribution in [0.2, 0.25) is 0 Å². The number of benzene rings is 1. The van der Waals surface area contributed by atoms with E-state index in [-0.39, 0.29) is 6.54 Å². The molecule has 1 aromatic heterocycles. The molecular weight excluding hydrogens is 268 g/mol. The lowest BCUT2D eigenvalue weighted by molar-refractivity contribution is -0.384. The predicted octanol–water partition coefficient (Wildman–Crippen LogP) is 3.19. The highest BCUT2D eigenvalue weighted by molar-refractivity contribution is 5.62. The first-order valence-corrected chi connectivity index (χ1v) is 5.77. The van der Waals surface area contributed by atoms with Crippen LogP contribution >= 0.6 is 0 Å². The Morgan fingerprint density at radius 3 is 2.75 bits per heavy atom. The molecule has 0 spiro atoms. The molecule has 1 heterocycles. The number of nitro benzene ring substituents is 1. The van der Waals surface area contributed by atoms with Crippen molar-refractivity contribution in [3.8, 4) is 0 Å². The van der Waals surface area contributed by atoms with E-state index < -0.39 is 27.9 Å². The summed E-state index contributed by atoms with van der Waals surface area (Å²) in [7, 11) is 0. The molecular formula is C13H11F2N3O2. The van der Waals surface area contributed by atoms with Gasteiger partial charge in [-0.05, 0) is 24.6 Å². The summed E-state index contributed by atoms with van der Waals surface area (Å²) in [4.78, 5) is 14.1. The van der Waals surface area contributed by atoms with Crippen LogP contribution in [0.3, 0.4) is 0 Å². The Hall–Kier alpha value is -2.57. The van der Waals surface area contributed by atoms with Gasteiger partial charge in [0.2, 0.25) is 0 Å². The monoisotopic (exact) mass is 279 g/mol. The van der Waals surface area contributed by atoms with Crippen LogP contribution in [0, 0.1) is 28.7 Å². The zero-order chi connectivity index (χ0) is 14.7. The molecule has 0 aliphatic heterocycles. The highest BCUT2D eigenvalue weighted by atomic mass is 19.2. The molecule has 0 saturated heterocycles. The Kier molecular flexibility index (Phi) is 3.88. The van der Waals surface area contributed by atoms with Crippen molar-refractivity contribution < 1.29 is 13.7 Å². The number of aromatic nitrogens is 1. The van der Waals surface area contributed by atoms with E-state index >= 15 is 0 Å². The number of nitrogens with one attached hydrogen (secondary N) is 1. The maximum atomic E-state index is 13.7. The lowest BCUT2D eigenvalue weighted by atomic mass is 10.2. The van der Waals surface area contributed by atoms with Gasteiger partial charge in [-0.25, -0.2) is 8.78 Å². The van der Waals surface area contributed by atoms with E-state index in [9.17, 15) is 18.9 Å². The number of rotatable bonds is 4. The van der Waals surface area contributed by atoms with Crippen LogP contribution in [0.15, 0.2) is 30.5 Å². The van der Waals surface area contributed by atoms with E-state index in [1.807, 2.05) is 0 Å². The van der Waals surface area contributed by atoms with Gasteiger partial charge in [-0.15, -0.1) is 0 Å². The predicted molar refractivity (Wildman–Crippen MR) is 69.3 cm³/mol. The summed E-state index contributed by atoms with van der Waals surface area (Å²) < 4.78 is 26.8. The van der Waals surface area contributed by atoms with Crippen molar-refractivity contribution in [3.63, 3.8) is 0 Å². The lowest BCUT2D eigenvalue weighted by Gasteiger charge is -2.09. The van der Waals surface area contributed by atoms with Gasteiger partial charge in [0.1, 0.15) is 0 Å². The minimum atomic E-state index is -1.27. The fraction of sp³-hybridized carbons (Fsp3) is 0.154. The summed E-state index contributed by atoms with van der Waals surface area (Å²) in [6.07, 6.45) is 1.56. The zero-order valence-electron chi connectivity index (χ0n) is 10.6. The molecule has 0 saturated carbocycles. The Morgan fingerprint density at radius 1 is 1.35 bits per heavy atom. The Morgan fingerprint density at radius 2 is 2.10 bits per heavy atom. The normalized spacial score (nSPS) is 10.3. The van der Waals surface area contributed by atoms with Crippen LogP contribution in [0.1, 0.15) is 11.3 Å². The molecule has 0 aliphatic carbocycles. The first kappa shape index (κ1) is 13.9. The number of hydrogen-bond donors (Lipinski definition) is 1. The third-order valence-electron chi connectivity index (χ3n) is 2.82. The van der Waals surface area contributed by atoms with Crippen LogP contribution in [0.25, 0.3) is 0 Å². The largest absolute Gasteiger partial charge is 0.371 e. The Labute approximate surface area is 113 Å². The van der Waals surface area contributed by atoms with Crippen LogP contribution in [-0.2, 0) is 6.54 Å². The summed E-state index contributed by atoms with van der Waals surface area (Å²) in [5.41, 5.74) is 0.461. The van der Waals surface area contributed by atoms with Gasteiger partial charge in [-0.2, -0.15) is 0 Å². The van der Waals surface area contributed by atoms with Crippen molar-refractivity contribution in [2.75, 3.05) is 5.32 Å². The minimum absolute atomic E-state index is 0.0634.